The number of guanidine groups is 1. The molecular weight excluding hydrogens is 264 g/mol. The van der Waals surface area contributed by atoms with Crippen molar-refractivity contribution in [3.63, 3.8) is 0 Å². The Labute approximate surface area is 125 Å². The van der Waals surface area contributed by atoms with Gasteiger partial charge in [-0.05, 0) is 38.5 Å². The maximum absolute atomic E-state index is 5.48. The summed E-state index contributed by atoms with van der Waals surface area (Å²) in [5.41, 5.74) is 5.76. The molecule has 0 radical (unpaired) electrons. The van der Waals surface area contributed by atoms with Gasteiger partial charge in [0.25, 0.3) is 0 Å². The zero-order valence-electron chi connectivity index (χ0n) is 12.5. The molecule has 2 rings (SSSR count). The highest BCUT2D eigenvalue weighted by atomic mass is 15.3. The van der Waals surface area contributed by atoms with Crippen molar-refractivity contribution in [3.05, 3.63) is 47.8 Å². The number of hydrogen-bond donors (Lipinski definition) is 3. The van der Waals surface area contributed by atoms with Gasteiger partial charge in [0.2, 0.25) is 5.96 Å². The fraction of sp³-hybridized carbons (Fsp3) is 0.333. The highest BCUT2D eigenvalue weighted by molar-refractivity contribution is 5.93. The molecule has 0 unspecified atom stereocenters. The first-order chi connectivity index (χ1) is 10.2. The van der Waals surface area contributed by atoms with E-state index in [-0.39, 0.29) is 0 Å². The molecule has 0 amide bonds. The molecule has 0 aliphatic carbocycles. The van der Waals surface area contributed by atoms with Gasteiger partial charge in [0.15, 0.2) is 0 Å². The normalized spacial score (nSPS) is 11.5. The van der Waals surface area contributed by atoms with Crippen LogP contribution in [0.4, 0.5) is 5.69 Å². The van der Waals surface area contributed by atoms with Gasteiger partial charge in [-0.25, -0.2) is 5.84 Å². The first-order valence-electron chi connectivity index (χ1n) is 7.03. The molecule has 2 aromatic rings. The van der Waals surface area contributed by atoms with E-state index in [1.165, 1.54) is 5.69 Å². The molecule has 1 heterocycles. The van der Waals surface area contributed by atoms with E-state index in [0.717, 1.165) is 24.3 Å². The number of aryl methyl sites for hydroxylation is 3. The minimum Gasteiger partial charge on any atom is -0.325 e. The topological polar surface area (TPSA) is 80.3 Å². The van der Waals surface area contributed by atoms with Gasteiger partial charge in [-0.3, -0.25) is 15.1 Å². The molecule has 0 bridgehead atoms. The number of aliphatic imine (C=N–C) groups is 1. The molecule has 1 aromatic carbocycles. The number of nitrogens with zero attached hydrogens (tertiary/aromatic N) is 3. The number of para-hydroxylation sites is 1. The zero-order valence-corrected chi connectivity index (χ0v) is 12.5. The van der Waals surface area contributed by atoms with E-state index in [2.05, 4.69) is 33.8 Å². The summed E-state index contributed by atoms with van der Waals surface area (Å²) in [4.78, 5) is 4.42. The Morgan fingerprint density at radius 3 is 2.67 bits per heavy atom. The summed E-state index contributed by atoms with van der Waals surface area (Å²) < 4.78 is 2.00. The summed E-state index contributed by atoms with van der Waals surface area (Å²) in [6.07, 6.45) is 0.906. The molecule has 21 heavy (non-hydrogen) atoms. The molecule has 0 saturated carbocycles. The predicted octanol–water partition coefficient (Wildman–Crippen LogP) is 1.82. The standard InChI is InChI=1S/C15H22N6/c1-12-11-13(2)21(20-12)10-6-9-17-15(19-16)18-14-7-4-3-5-8-14/h3-5,7-8,11H,6,9-10,16H2,1-2H3,(H2,17,18,19). The second-order valence-corrected chi connectivity index (χ2v) is 4.87. The molecule has 6 nitrogen and oxygen atoms in total. The smallest absolute Gasteiger partial charge is 0.210 e. The van der Waals surface area contributed by atoms with Crippen LogP contribution in [0.1, 0.15) is 17.8 Å². The van der Waals surface area contributed by atoms with Gasteiger partial charge in [-0.1, -0.05) is 18.2 Å². The number of aromatic nitrogens is 2. The third kappa shape index (κ3) is 4.61. The summed E-state index contributed by atoms with van der Waals surface area (Å²) in [5.74, 6) is 6.04. The Balaban J connectivity index is 1.83. The van der Waals surface area contributed by atoms with Crippen LogP contribution in [0, 0.1) is 13.8 Å². The fourth-order valence-electron chi connectivity index (χ4n) is 2.09. The maximum atomic E-state index is 5.48. The number of nitrogens with two attached hydrogens (primary N) is 1. The Bertz CT molecular complexity index is 587. The second kappa shape index (κ2) is 7.44. The van der Waals surface area contributed by atoms with Crippen molar-refractivity contribution in [2.45, 2.75) is 26.8 Å². The van der Waals surface area contributed by atoms with Gasteiger partial charge in [-0.15, -0.1) is 0 Å². The number of anilines is 1. The van der Waals surface area contributed by atoms with Crippen LogP contribution in [-0.2, 0) is 6.54 Å². The van der Waals surface area contributed by atoms with Gasteiger partial charge < -0.3 is 5.32 Å². The molecule has 0 aliphatic heterocycles. The average Bonchev–Trinajstić information content (AvgIpc) is 2.81. The van der Waals surface area contributed by atoms with E-state index in [4.69, 9.17) is 5.84 Å². The Morgan fingerprint density at radius 2 is 2.05 bits per heavy atom. The predicted molar refractivity (Wildman–Crippen MR) is 86.0 cm³/mol. The molecule has 0 spiro atoms. The SMILES string of the molecule is Cc1cc(C)n(CCCN=C(NN)Nc2ccccc2)n1. The van der Waals surface area contributed by atoms with E-state index in [1.54, 1.807) is 0 Å². The summed E-state index contributed by atoms with van der Waals surface area (Å²) in [7, 11) is 0. The second-order valence-electron chi connectivity index (χ2n) is 4.87. The molecule has 112 valence electrons. The van der Waals surface area contributed by atoms with Crippen LogP contribution in [-0.4, -0.2) is 22.3 Å². The summed E-state index contributed by atoms with van der Waals surface area (Å²) in [6, 6.07) is 11.9. The Morgan fingerprint density at radius 1 is 1.29 bits per heavy atom. The van der Waals surface area contributed by atoms with Crippen molar-refractivity contribution in [1.82, 2.24) is 15.2 Å². The van der Waals surface area contributed by atoms with Gasteiger partial charge in [0.1, 0.15) is 0 Å². The van der Waals surface area contributed by atoms with Gasteiger partial charge >= 0.3 is 0 Å². The van der Waals surface area contributed by atoms with Gasteiger partial charge in [0.05, 0.1) is 5.69 Å². The van der Waals surface area contributed by atoms with Crippen molar-refractivity contribution in [1.29, 1.82) is 0 Å². The van der Waals surface area contributed by atoms with Crippen LogP contribution in [0.2, 0.25) is 0 Å². The van der Waals surface area contributed by atoms with Crippen molar-refractivity contribution >= 4 is 11.6 Å². The summed E-state index contributed by atoms with van der Waals surface area (Å²) >= 11 is 0. The minimum absolute atomic E-state index is 0.564. The average molecular weight is 286 g/mol. The van der Waals surface area contributed by atoms with Crippen molar-refractivity contribution in [2.24, 2.45) is 10.8 Å². The van der Waals surface area contributed by atoms with Gasteiger partial charge in [0, 0.05) is 24.5 Å². The monoisotopic (exact) mass is 286 g/mol. The first-order valence-corrected chi connectivity index (χ1v) is 7.03. The molecular formula is C15H22N6. The lowest BCUT2D eigenvalue weighted by molar-refractivity contribution is 0.568. The van der Waals surface area contributed by atoms with Crippen LogP contribution in [0.5, 0.6) is 0 Å². The Hall–Kier alpha value is -2.34. The van der Waals surface area contributed by atoms with Crippen LogP contribution in [0.3, 0.4) is 0 Å². The van der Waals surface area contributed by atoms with Crippen LogP contribution in [0.25, 0.3) is 0 Å². The van der Waals surface area contributed by atoms with Crippen LogP contribution < -0.4 is 16.6 Å². The van der Waals surface area contributed by atoms with E-state index in [9.17, 15) is 0 Å². The fourth-order valence-corrected chi connectivity index (χ4v) is 2.09. The molecule has 0 atom stereocenters. The molecule has 1 aromatic heterocycles. The zero-order chi connectivity index (χ0) is 15.1. The van der Waals surface area contributed by atoms with Crippen molar-refractivity contribution in [3.8, 4) is 0 Å². The third-order valence-corrected chi connectivity index (χ3v) is 3.07. The highest BCUT2D eigenvalue weighted by Gasteiger charge is 2.00. The molecule has 0 aliphatic rings. The molecule has 4 N–H and O–H groups in total. The van der Waals surface area contributed by atoms with Crippen LogP contribution in [0.15, 0.2) is 41.4 Å². The molecule has 6 heteroatoms. The van der Waals surface area contributed by atoms with E-state index < -0.39 is 0 Å². The van der Waals surface area contributed by atoms with E-state index in [1.807, 2.05) is 41.9 Å². The highest BCUT2D eigenvalue weighted by Crippen LogP contribution is 2.05. The minimum atomic E-state index is 0.564. The number of nitrogens with one attached hydrogen (secondary N) is 2. The summed E-state index contributed by atoms with van der Waals surface area (Å²) in [6.45, 7) is 5.60. The summed E-state index contributed by atoms with van der Waals surface area (Å²) in [5, 5.41) is 7.56. The molecule has 0 fully saturated rings. The van der Waals surface area contributed by atoms with Crippen molar-refractivity contribution < 1.29 is 0 Å². The lowest BCUT2D eigenvalue weighted by atomic mass is 10.3. The maximum Gasteiger partial charge on any atom is 0.210 e. The number of hydrogen-bond acceptors (Lipinski definition) is 3. The largest absolute Gasteiger partial charge is 0.325 e. The third-order valence-electron chi connectivity index (χ3n) is 3.07. The number of hydrazine groups is 1. The van der Waals surface area contributed by atoms with E-state index >= 15 is 0 Å². The van der Waals surface area contributed by atoms with Crippen LogP contribution >= 0.6 is 0 Å². The number of benzene rings is 1. The Kier molecular flexibility index (Phi) is 5.34. The lowest BCUT2D eigenvalue weighted by Crippen LogP contribution is -2.36. The van der Waals surface area contributed by atoms with Gasteiger partial charge in [-0.2, -0.15) is 5.10 Å². The van der Waals surface area contributed by atoms with E-state index in [0.29, 0.717) is 12.5 Å². The molecule has 0 saturated heterocycles. The quantitative estimate of drug-likeness (QED) is 0.257. The first kappa shape index (κ1) is 15.1. The number of rotatable bonds is 5. The van der Waals surface area contributed by atoms with Crippen molar-refractivity contribution in [2.75, 3.05) is 11.9 Å². The lowest BCUT2D eigenvalue weighted by Gasteiger charge is -2.09.